The fourth-order valence-corrected chi connectivity index (χ4v) is 5.27. The molecule has 1 aliphatic heterocycles. The minimum absolute atomic E-state index is 0.229. The Morgan fingerprint density at radius 2 is 2.05 bits per heavy atom. The van der Waals surface area contributed by atoms with E-state index in [0.29, 0.717) is 17.0 Å². The number of thiophene rings is 1. The summed E-state index contributed by atoms with van der Waals surface area (Å²) in [6.07, 6.45) is 2.41. The molecule has 20 heavy (non-hydrogen) atoms. The molecule has 0 aromatic carbocycles. The van der Waals surface area contributed by atoms with Crippen molar-refractivity contribution in [3.05, 3.63) is 15.8 Å². The van der Waals surface area contributed by atoms with E-state index in [1.165, 1.54) is 28.5 Å². The summed E-state index contributed by atoms with van der Waals surface area (Å²) in [5, 5.41) is 11.1. The highest BCUT2D eigenvalue weighted by molar-refractivity contribution is 7.89. The Morgan fingerprint density at radius 1 is 1.40 bits per heavy atom. The highest BCUT2D eigenvalue weighted by Gasteiger charge is 2.27. The van der Waals surface area contributed by atoms with Crippen molar-refractivity contribution in [1.29, 1.82) is 0 Å². The molecule has 7 heteroatoms. The molecule has 1 saturated heterocycles. The smallest absolute Gasteiger partial charge is 0.244 e. The Labute approximate surface area is 124 Å². The maximum absolute atomic E-state index is 12.6. The van der Waals surface area contributed by atoms with Crippen LogP contribution in [-0.2, 0) is 16.6 Å². The van der Waals surface area contributed by atoms with Gasteiger partial charge in [-0.1, -0.05) is 0 Å². The first-order valence-electron chi connectivity index (χ1n) is 6.83. The first-order valence-corrected chi connectivity index (χ1v) is 9.15. The van der Waals surface area contributed by atoms with E-state index < -0.39 is 10.0 Å². The van der Waals surface area contributed by atoms with E-state index in [0.717, 1.165) is 19.6 Å². The molecule has 114 valence electrons. The molecule has 1 N–H and O–H groups in total. The lowest BCUT2D eigenvalue weighted by Gasteiger charge is -2.21. The molecule has 1 aromatic rings. The molecule has 0 radical (unpaired) electrons. The second-order valence-corrected chi connectivity index (χ2v) is 8.15. The van der Waals surface area contributed by atoms with E-state index in [1.807, 2.05) is 0 Å². The lowest BCUT2D eigenvalue weighted by atomic mass is 10.3. The molecular weight excluding hydrogens is 296 g/mol. The Hall–Kier alpha value is -0.470. The number of likely N-dealkylation sites (N-methyl/N-ethyl adjacent to an activating group) is 1. The monoisotopic (exact) mass is 318 g/mol. The average molecular weight is 318 g/mol. The van der Waals surface area contributed by atoms with Crippen LogP contribution in [-0.4, -0.2) is 56.0 Å². The van der Waals surface area contributed by atoms with Gasteiger partial charge in [0.15, 0.2) is 0 Å². The molecule has 0 spiro atoms. The Kier molecular flexibility index (Phi) is 5.19. The maximum Gasteiger partial charge on any atom is 0.244 e. The molecule has 5 nitrogen and oxygen atoms in total. The van der Waals surface area contributed by atoms with Crippen molar-refractivity contribution in [2.75, 3.05) is 33.2 Å². The summed E-state index contributed by atoms with van der Waals surface area (Å²) in [5.74, 6) is 0. The van der Waals surface area contributed by atoms with Crippen LogP contribution in [0.3, 0.4) is 0 Å². The largest absolute Gasteiger partial charge is 0.391 e. The summed E-state index contributed by atoms with van der Waals surface area (Å²) in [6.45, 7) is 4.93. The highest BCUT2D eigenvalue weighted by Crippen LogP contribution is 2.29. The van der Waals surface area contributed by atoms with E-state index in [-0.39, 0.29) is 11.5 Å². The third-order valence-electron chi connectivity index (χ3n) is 3.73. The predicted octanol–water partition coefficient (Wildman–Crippen LogP) is 1.27. The molecule has 0 amide bonds. The molecule has 2 rings (SSSR count). The molecule has 2 heterocycles. The van der Waals surface area contributed by atoms with Crippen molar-refractivity contribution in [2.45, 2.75) is 31.3 Å². The summed E-state index contributed by atoms with van der Waals surface area (Å²) in [4.78, 5) is 3.10. The molecule has 0 bridgehead atoms. The van der Waals surface area contributed by atoms with Gasteiger partial charge in [-0.05, 0) is 43.8 Å². The number of hydrogen-bond donors (Lipinski definition) is 1. The zero-order valence-electron chi connectivity index (χ0n) is 12.0. The van der Waals surface area contributed by atoms with Crippen LogP contribution in [0.2, 0.25) is 0 Å². The van der Waals surface area contributed by atoms with Crippen molar-refractivity contribution >= 4 is 21.4 Å². The van der Waals surface area contributed by atoms with Crippen LogP contribution in [0.1, 0.15) is 23.3 Å². The van der Waals surface area contributed by atoms with Crippen LogP contribution in [0.4, 0.5) is 0 Å². The quantitative estimate of drug-likeness (QED) is 0.858. The summed E-state index contributed by atoms with van der Waals surface area (Å²) in [7, 11) is -1.89. The van der Waals surface area contributed by atoms with Gasteiger partial charge in [0.05, 0.1) is 11.5 Å². The van der Waals surface area contributed by atoms with Gasteiger partial charge in [-0.25, -0.2) is 8.42 Å². The van der Waals surface area contributed by atoms with Gasteiger partial charge in [0.1, 0.15) is 4.90 Å². The van der Waals surface area contributed by atoms with Crippen molar-refractivity contribution in [1.82, 2.24) is 9.21 Å². The van der Waals surface area contributed by atoms with Crippen LogP contribution in [0.5, 0.6) is 0 Å². The van der Waals surface area contributed by atoms with Crippen LogP contribution in [0.25, 0.3) is 0 Å². The predicted molar refractivity (Wildman–Crippen MR) is 80.5 cm³/mol. The van der Waals surface area contributed by atoms with Gasteiger partial charge in [0.2, 0.25) is 10.0 Å². The zero-order valence-corrected chi connectivity index (χ0v) is 13.6. The van der Waals surface area contributed by atoms with Gasteiger partial charge in [0.25, 0.3) is 0 Å². The minimum Gasteiger partial charge on any atom is -0.391 e. The lowest BCUT2D eigenvalue weighted by Crippen LogP contribution is -2.35. The lowest BCUT2D eigenvalue weighted by molar-refractivity contribution is 0.281. The molecule has 1 aromatic heterocycles. The Morgan fingerprint density at radius 3 is 2.65 bits per heavy atom. The van der Waals surface area contributed by atoms with Crippen LogP contribution < -0.4 is 0 Å². The number of aliphatic hydroxyl groups is 1. The number of sulfonamides is 1. The van der Waals surface area contributed by atoms with Gasteiger partial charge < -0.3 is 10.0 Å². The summed E-state index contributed by atoms with van der Waals surface area (Å²) >= 11 is 1.30. The third-order valence-corrected chi connectivity index (χ3v) is 7.04. The van der Waals surface area contributed by atoms with E-state index in [1.54, 1.807) is 19.4 Å². The van der Waals surface area contributed by atoms with E-state index >= 15 is 0 Å². The first-order chi connectivity index (χ1) is 9.46. The fraction of sp³-hybridized carbons (Fsp3) is 0.692. The molecule has 0 aliphatic carbocycles. The van der Waals surface area contributed by atoms with Gasteiger partial charge in [0, 0.05) is 20.1 Å². The normalized spacial score (nSPS) is 17.2. The second kappa shape index (κ2) is 6.53. The second-order valence-electron chi connectivity index (χ2n) is 5.20. The van der Waals surface area contributed by atoms with Crippen LogP contribution in [0.15, 0.2) is 10.3 Å². The summed E-state index contributed by atoms with van der Waals surface area (Å²) < 4.78 is 26.6. The highest BCUT2D eigenvalue weighted by atomic mass is 32.2. The van der Waals surface area contributed by atoms with Crippen molar-refractivity contribution in [3.63, 3.8) is 0 Å². The molecule has 0 saturated carbocycles. The van der Waals surface area contributed by atoms with Gasteiger partial charge in [-0.15, -0.1) is 11.3 Å². The van der Waals surface area contributed by atoms with Crippen molar-refractivity contribution < 1.29 is 13.5 Å². The number of hydrogen-bond acceptors (Lipinski definition) is 5. The summed E-state index contributed by atoms with van der Waals surface area (Å²) in [5.41, 5.74) is 0.715. The average Bonchev–Trinajstić information content (AvgIpc) is 3.04. The van der Waals surface area contributed by atoms with E-state index in [4.69, 9.17) is 0 Å². The third kappa shape index (κ3) is 3.23. The molecular formula is C13H22N2O3S2. The number of aryl methyl sites for hydroxylation is 1. The van der Waals surface area contributed by atoms with E-state index in [2.05, 4.69) is 4.90 Å². The number of nitrogens with zero attached hydrogens (tertiary/aromatic N) is 2. The number of rotatable bonds is 6. The Bertz CT molecular complexity index is 548. The molecule has 1 aliphatic rings. The van der Waals surface area contributed by atoms with E-state index in [9.17, 15) is 13.5 Å². The molecule has 0 unspecified atom stereocenters. The van der Waals surface area contributed by atoms with Gasteiger partial charge >= 0.3 is 0 Å². The number of aliphatic hydroxyl groups excluding tert-OH is 1. The van der Waals surface area contributed by atoms with Crippen LogP contribution in [0, 0.1) is 6.92 Å². The SMILES string of the molecule is Cc1csc(CO)c1S(=O)(=O)N(C)CCN1CCCC1. The molecule has 0 atom stereocenters. The molecule has 1 fully saturated rings. The summed E-state index contributed by atoms with van der Waals surface area (Å²) in [6, 6.07) is 0. The zero-order chi connectivity index (χ0) is 14.8. The fourth-order valence-electron chi connectivity index (χ4n) is 2.51. The van der Waals surface area contributed by atoms with Gasteiger partial charge in [-0.3, -0.25) is 0 Å². The maximum atomic E-state index is 12.6. The standard InChI is InChI=1S/C13H22N2O3S2/c1-11-10-19-12(9-16)13(11)20(17,18)14(2)7-8-15-5-3-4-6-15/h10,16H,3-9H2,1-2H3. The number of likely N-dealkylation sites (tertiary alicyclic amines) is 1. The topological polar surface area (TPSA) is 60.9 Å². The van der Waals surface area contributed by atoms with Crippen molar-refractivity contribution in [3.8, 4) is 0 Å². The van der Waals surface area contributed by atoms with Crippen molar-refractivity contribution in [2.24, 2.45) is 0 Å². The van der Waals surface area contributed by atoms with Crippen LogP contribution >= 0.6 is 11.3 Å². The first kappa shape index (κ1) is 15.9. The van der Waals surface area contributed by atoms with Gasteiger partial charge in [-0.2, -0.15) is 4.31 Å². The minimum atomic E-state index is -3.50. The Balaban J connectivity index is 2.10.